The molecule has 2 aliphatic heterocycles. The number of hydrogen-bond donors (Lipinski definition) is 2. The van der Waals surface area contributed by atoms with Gasteiger partial charge in [-0.15, -0.1) is 0 Å². The summed E-state index contributed by atoms with van der Waals surface area (Å²) in [5.41, 5.74) is 7.60. The van der Waals surface area contributed by atoms with Crippen molar-refractivity contribution in [1.29, 1.82) is 0 Å². The second kappa shape index (κ2) is 9.25. The summed E-state index contributed by atoms with van der Waals surface area (Å²) in [7, 11) is -8.86. The standard InChI is InChI=1S/C23H36N13P3/c1-16-12-20(5)33(26-16)38(34-21(6)13-17(2)27-34)30-37(24-10-9-11-25-37)31-39(32-38,35-22(7)14-18(3)28-35)36-23(8)15-19(4)29-36/h12-15,24,32H,9-11H2,1-8H3. The Hall–Kier alpha value is -2.55. The first kappa shape index (κ1) is 26.7. The average Bonchev–Trinajstić information content (AvgIpc) is 3.60. The number of rotatable bonds is 4. The molecule has 16 heteroatoms. The van der Waals surface area contributed by atoms with Crippen LogP contribution in [0.4, 0.5) is 0 Å². The molecule has 0 saturated carbocycles. The van der Waals surface area contributed by atoms with Crippen LogP contribution in [0, 0.1) is 55.4 Å². The van der Waals surface area contributed by atoms with E-state index < -0.39 is 22.5 Å². The molecule has 0 atom stereocenters. The molecule has 4 aromatic heterocycles. The lowest BCUT2D eigenvalue weighted by Gasteiger charge is -2.41. The van der Waals surface area contributed by atoms with Crippen molar-refractivity contribution in [2.75, 3.05) is 13.1 Å². The first-order chi connectivity index (χ1) is 18.5. The molecule has 0 saturated heterocycles. The molecule has 0 unspecified atom stereocenters. The zero-order chi connectivity index (χ0) is 27.7. The fraction of sp³-hybridized carbons (Fsp3) is 0.478. The van der Waals surface area contributed by atoms with E-state index >= 15 is 0 Å². The summed E-state index contributed by atoms with van der Waals surface area (Å²) in [6.45, 7) is 17.8. The van der Waals surface area contributed by atoms with E-state index in [2.05, 4.69) is 61.9 Å². The molecule has 208 valence electrons. The summed E-state index contributed by atoms with van der Waals surface area (Å²) in [5.74, 6) is 0. The van der Waals surface area contributed by atoms with Gasteiger partial charge < -0.3 is 0 Å². The molecule has 39 heavy (non-hydrogen) atoms. The molecule has 6 heterocycles. The van der Waals surface area contributed by atoms with Crippen LogP contribution in [-0.4, -0.2) is 51.3 Å². The summed E-state index contributed by atoms with van der Waals surface area (Å²) in [5, 5.41) is 23.8. The molecule has 2 aliphatic rings. The highest BCUT2D eigenvalue weighted by Gasteiger charge is 2.48. The monoisotopic (exact) mass is 587 g/mol. The second-order valence-electron chi connectivity index (χ2n) is 10.4. The van der Waals surface area contributed by atoms with E-state index in [9.17, 15) is 0 Å². The Labute approximate surface area is 229 Å². The molecule has 0 fully saturated rings. The maximum absolute atomic E-state index is 5.63. The van der Waals surface area contributed by atoms with Crippen LogP contribution in [-0.2, 0) is 0 Å². The van der Waals surface area contributed by atoms with Gasteiger partial charge in [-0.25, -0.2) is 27.6 Å². The highest BCUT2D eigenvalue weighted by Crippen LogP contribution is 2.76. The van der Waals surface area contributed by atoms with Gasteiger partial charge in [-0.3, -0.25) is 0 Å². The molecule has 0 aliphatic carbocycles. The van der Waals surface area contributed by atoms with Gasteiger partial charge in [0.15, 0.2) is 0 Å². The van der Waals surface area contributed by atoms with Crippen LogP contribution >= 0.6 is 22.5 Å². The largest absolute Gasteiger partial charge is 0.270 e. The zero-order valence-electron chi connectivity index (χ0n) is 23.7. The van der Waals surface area contributed by atoms with Crippen molar-refractivity contribution >= 4 is 22.5 Å². The van der Waals surface area contributed by atoms with Gasteiger partial charge in [-0.2, -0.15) is 34.3 Å². The number of nitrogens with zero attached hydrogens (tertiary/aromatic N) is 11. The lowest BCUT2D eigenvalue weighted by molar-refractivity contribution is 0.761. The molecule has 2 N–H and O–H groups in total. The van der Waals surface area contributed by atoms with Gasteiger partial charge in [0.1, 0.15) is 0 Å². The summed E-state index contributed by atoms with van der Waals surface area (Å²) in [6.07, 6.45) is 0.941. The smallest absolute Gasteiger partial charge is 0.249 e. The predicted molar refractivity (Wildman–Crippen MR) is 157 cm³/mol. The minimum Gasteiger partial charge on any atom is -0.249 e. The molecule has 1 spiro atoms. The highest BCUT2D eigenvalue weighted by atomic mass is 31.3. The normalized spacial score (nSPS) is 19.5. The second-order valence-corrected chi connectivity index (χ2v) is 18.1. The lowest BCUT2D eigenvalue weighted by atomic mass is 10.4. The Bertz CT molecular complexity index is 1560. The van der Waals surface area contributed by atoms with Crippen molar-refractivity contribution < 1.29 is 0 Å². The number of aromatic nitrogens is 8. The summed E-state index contributed by atoms with van der Waals surface area (Å²) in [6, 6.07) is 8.33. The van der Waals surface area contributed by atoms with Crippen LogP contribution in [0.1, 0.15) is 52.0 Å². The summed E-state index contributed by atoms with van der Waals surface area (Å²) in [4.78, 5) is 4.05. The minimum atomic E-state index is -3.02. The predicted octanol–water partition coefficient (Wildman–Crippen LogP) is 5.87. The Morgan fingerprint density at radius 1 is 0.590 bits per heavy atom. The number of nitrogens with one attached hydrogen (secondary N) is 2. The van der Waals surface area contributed by atoms with Crippen LogP contribution in [0.25, 0.3) is 0 Å². The zero-order valence-corrected chi connectivity index (χ0v) is 26.4. The Morgan fingerprint density at radius 2 is 0.949 bits per heavy atom. The van der Waals surface area contributed by atoms with Crippen LogP contribution in [0.2, 0.25) is 0 Å². The van der Waals surface area contributed by atoms with Crippen LogP contribution in [0.3, 0.4) is 0 Å². The maximum Gasteiger partial charge on any atom is 0.270 e. The van der Waals surface area contributed by atoms with Crippen molar-refractivity contribution in [3.8, 4) is 0 Å². The highest BCUT2D eigenvalue weighted by molar-refractivity contribution is 7.86. The quantitative estimate of drug-likeness (QED) is 0.287. The van der Waals surface area contributed by atoms with Gasteiger partial charge in [0.2, 0.25) is 0 Å². The van der Waals surface area contributed by atoms with Crippen molar-refractivity contribution in [3.63, 3.8) is 0 Å². The average molecular weight is 588 g/mol. The summed E-state index contributed by atoms with van der Waals surface area (Å²) >= 11 is 0. The van der Waals surface area contributed by atoms with Crippen molar-refractivity contribution in [1.82, 2.24) is 48.1 Å². The Balaban J connectivity index is 1.84. The van der Waals surface area contributed by atoms with E-state index in [1.165, 1.54) is 0 Å². The van der Waals surface area contributed by atoms with Crippen molar-refractivity contribution in [2.45, 2.75) is 61.8 Å². The molecule has 0 aromatic carbocycles. The van der Waals surface area contributed by atoms with Crippen LogP contribution in [0.15, 0.2) is 38.0 Å². The fourth-order valence-electron chi connectivity index (χ4n) is 5.35. The first-order valence-electron chi connectivity index (χ1n) is 13.0. The van der Waals surface area contributed by atoms with Gasteiger partial charge in [0.25, 0.3) is 22.5 Å². The summed E-state index contributed by atoms with van der Waals surface area (Å²) < 4.78 is 24.6. The SMILES string of the molecule is Cc1cc(C)n(P2(n3nc(C)cc3C)=NP3(=NCCCN3)N=P(n3nc(C)cc3C)(n3nc(C)cc3C)N2)n1. The molecular formula is C23H36N13P3. The van der Waals surface area contributed by atoms with Gasteiger partial charge in [-0.05, 0) is 86.1 Å². The molecule has 6 rings (SSSR count). The maximum atomic E-state index is 5.63. The molecule has 13 nitrogen and oxygen atoms in total. The van der Waals surface area contributed by atoms with Gasteiger partial charge in [-0.1, -0.05) is 0 Å². The number of aryl methyl sites for hydroxylation is 8. The van der Waals surface area contributed by atoms with E-state index in [1.54, 1.807) is 0 Å². The molecular weight excluding hydrogens is 551 g/mol. The van der Waals surface area contributed by atoms with E-state index in [1.807, 2.05) is 45.5 Å². The van der Waals surface area contributed by atoms with E-state index in [0.29, 0.717) is 6.54 Å². The topological polar surface area (TPSA) is 132 Å². The molecule has 0 radical (unpaired) electrons. The third-order valence-corrected chi connectivity index (χ3v) is 17.8. The first-order valence-corrected chi connectivity index (χ1v) is 18.0. The van der Waals surface area contributed by atoms with Crippen LogP contribution < -0.4 is 9.95 Å². The lowest BCUT2D eigenvalue weighted by Crippen LogP contribution is -2.32. The van der Waals surface area contributed by atoms with E-state index in [4.69, 9.17) is 34.2 Å². The van der Waals surface area contributed by atoms with E-state index in [-0.39, 0.29) is 0 Å². The number of hydrogen-bond acceptors (Lipinski definition) is 9. The molecule has 0 bridgehead atoms. The third kappa shape index (κ3) is 4.18. The Kier molecular flexibility index (Phi) is 6.32. The van der Waals surface area contributed by atoms with Crippen molar-refractivity contribution in [3.05, 3.63) is 69.8 Å². The van der Waals surface area contributed by atoms with Gasteiger partial charge in [0.05, 0.1) is 22.8 Å². The fourth-order valence-corrected chi connectivity index (χ4v) is 19.0. The minimum absolute atomic E-state index is 0.691. The van der Waals surface area contributed by atoms with Gasteiger partial charge in [0, 0.05) is 35.9 Å². The van der Waals surface area contributed by atoms with Crippen molar-refractivity contribution in [2.24, 2.45) is 13.8 Å². The van der Waals surface area contributed by atoms with Gasteiger partial charge >= 0.3 is 0 Å². The third-order valence-electron chi connectivity index (χ3n) is 6.72. The van der Waals surface area contributed by atoms with E-state index in [0.717, 1.165) is 58.5 Å². The molecule has 0 amide bonds. The van der Waals surface area contributed by atoms with Crippen LogP contribution in [0.5, 0.6) is 0 Å². The molecule has 4 aromatic rings. The Morgan fingerprint density at radius 3 is 1.21 bits per heavy atom.